The molecule has 1 amide bonds. The normalized spacial score (nSPS) is 14.7. The number of benzene rings is 2. The lowest BCUT2D eigenvalue weighted by Crippen LogP contribution is -2.48. The van der Waals surface area contributed by atoms with Crippen molar-refractivity contribution in [2.75, 3.05) is 26.2 Å². The van der Waals surface area contributed by atoms with Gasteiger partial charge in [-0.1, -0.05) is 42.5 Å². The van der Waals surface area contributed by atoms with Crippen molar-refractivity contribution in [3.8, 4) is 5.69 Å². The molecule has 6 heteroatoms. The minimum absolute atomic E-state index is 0.134. The number of amides is 1. The van der Waals surface area contributed by atoms with Crippen LogP contribution in [-0.4, -0.2) is 51.7 Å². The van der Waals surface area contributed by atoms with Gasteiger partial charge in [0.1, 0.15) is 5.69 Å². The number of rotatable bonds is 4. The van der Waals surface area contributed by atoms with E-state index >= 15 is 0 Å². The predicted molar refractivity (Wildman–Crippen MR) is 112 cm³/mol. The Morgan fingerprint density at radius 1 is 0.897 bits per heavy atom. The third kappa shape index (κ3) is 4.27. The molecule has 29 heavy (non-hydrogen) atoms. The van der Waals surface area contributed by atoms with Crippen LogP contribution < -0.4 is 5.56 Å². The summed E-state index contributed by atoms with van der Waals surface area (Å²) >= 11 is 0. The Morgan fingerprint density at radius 2 is 1.59 bits per heavy atom. The molecule has 0 saturated carbocycles. The fourth-order valence-electron chi connectivity index (χ4n) is 3.58. The minimum Gasteiger partial charge on any atom is -0.335 e. The largest absolute Gasteiger partial charge is 0.335 e. The molecule has 6 nitrogen and oxygen atoms in total. The highest BCUT2D eigenvalue weighted by molar-refractivity contribution is 5.92. The Morgan fingerprint density at radius 3 is 2.31 bits per heavy atom. The van der Waals surface area contributed by atoms with Crippen LogP contribution in [0.3, 0.4) is 0 Å². The van der Waals surface area contributed by atoms with E-state index in [0.29, 0.717) is 24.5 Å². The van der Waals surface area contributed by atoms with Crippen LogP contribution in [0.5, 0.6) is 0 Å². The van der Waals surface area contributed by atoms with Gasteiger partial charge < -0.3 is 4.90 Å². The number of hydrogen-bond donors (Lipinski definition) is 0. The number of aromatic nitrogens is 2. The first-order valence-electron chi connectivity index (χ1n) is 9.84. The number of aryl methyl sites for hydroxylation is 1. The number of nitrogens with zero attached hydrogens (tertiary/aromatic N) is 4. The molecule has 148 valence electrons. The highest BCUT2D eigenvalue weighted by Gasteiger charge is 2.24. The summed E-state index contributed by atoms with van der Waals surface area (Å²) in [7, 11) is 0. The van der Waals surface area contributed by atoms with Gasteiger partial charge in [0.2, 0.25) is 0 Å². The highest BCUT2D eigenvalue weighted by atomic mass is 16.2. The van der Waals surface area contributed by atoms with Crippen molar-refractivity contribution in [3.63, 3.8) is 0 Å². The first kappa shape index (κ1) is 19.1. The third-order valence-electron chi connectivity index (χ3n) is 5.33. The van der Waals surface area contributed by atoms with Gasteiger partial charge in [0, 0.05) is 38.8 Å². The molecule has 2 aromatic carbocycles. The van der Waals surface area contributed by atoms with E-state index in [2.05, 4.69) is 41.2 Å². The van der Waals surface area contributed by atoms with Crippen molar-refractivity contribution < 1.29 is 4.79 Å². The molecular formula is C23H24N4O2. The molecule has 4 rings (SSSR count). The van der Waals surface area contributed by atoms with E-state index < -0.39 is 0 Å². The van der Waals surface area contributed by atoms with Crippen molar-refractivity contribution in [2.45, 2.75) is 13.5 Å². The topological polar surface area (TPSA) is 58.4 Å². The van der Waals surface area contributed by atoms with Crippen LogP contribution in [0.25, 0.3) is 5.69 Å². The smallest absolute Gasteiger partial charge is 0.274 e. The van der Waals surface area contributed by atoms with Crippen LogP contribution in [-0.2, 0) is 6.54 Å². The molecule has 0 radical (unpaired) electrons. The molecular weight excluding hydrogens is 364 g/mol. The van der Waals surface area contributed by atoms with Crippen LogP contribution >= 0.6 is 0 Å². The van der Waals surface area contributed by atoms with E-state index in [4.69, 9.17) is 0 Å². The van der Waals surface area contributed by atoms with Crippen LogP contribution in [0.4, 0.5) is 0 Å². The fraction of sp³-hybridized carbons (Fsp3) is 0.261. The lowest BCUT2D eigenvalue weighted by Gasteiger charge is -2.34. The lowest BCUT2D eigenvalue weighted by molar-refractivity contribution is 0.0620. The summed E-state index contributed by atoms with van der Waals surface area (Å²) in [4.78, 5) is 29.3. The van der Waals surface area contributed by atoms with Crippen molar-refractivity contribution >= 4 is 5.91 Å². The summed E-state index contributed by atoms with van der Waals surface area (Å²) in [6, 6.07) is 20.5. The number of carbonyl (C=O) groups excluding carboxylic acids is 1. The number of carbonyl (C=O) groups is 1. The van der Waals surface area contributed by atoms with Crippen LogP contribution in [0, 0.1) is 6.92 Å². The lowest BCUT2D eigenvalue weighted by atomic mass is 10.1. The number of hydrogen-bond acceptors (Lipinski definition) is 4. The predicted octanol–water partition coefficient (Wildman–Crippen LogP) is 2.50. The minimum atomic E-state index is -0.254. The zero-order valence-electron chi connectivity index (χ0n) is 16.5. The van der Waals surface area contributed by atoms with E-state index in [1.54, 1.807) is 12.1 Å². The Labute approximate surface area is 170 Å². The van der Waals surface area contributed by atoms with Gasteiger partial charge >= 0.3 is 0 Å². The summed E-state index contributed by atoms with van der Waals surface area (Å²) in [5.74, 6) is -0.134. The molecule has 1 aliphatic rings. The van der Waals surface area contributed by atoms with Gasteiger partial charge in [0.05, 0.1) is 5.69 Å². The van der Waals surface area contributed by atoms with Crippen molar-refractivity contribution in [1.29, 1.82) is 0 Å². The van der Waals surface area contributed by atoms with Crippen LogP contribution in [0.1, 0.15) is 21.6 Å². The standard InChI is InChI=1S/C23H24N4O2/c1-18-7-5-6-8-19(18)17-25-13-15-26(16-14-25)23(29)21-11-12-22(28)27(24-21)20-9-3-2-4-10-20/h2-12H,13-17H2,1H3. The molecule has 0 bridgehead atoms. The summed E-state index contributed by atoms with van der Waals surface area (Å²) in [6.07, 6.45) is 0. The number of para-hydroxylation sites is 1. The third-order valence-corrected chi connectivity index (χ3v) is 5.33. The molecule has 1 aliphatic heterocycles. The van der Waals surface area contributed by atoms with Gasteiger partial charge in [-0.25, -0.2) is 0 Å². The van der Waals surface area contributed by atoms with Crippen LogP contribution in [0.15, 0.2) is 71.5 Å². The molecule has 0 N–H and O–H groups in total. The van der Waals surface area contributed by atoms with Gasteiger partial charge in [0.15, 0.2) is 0 Å². The molecule has 0 aliphatic carbocycles. The zero-order valence-corrected chi connectivity index (χ0v) is 16.5. The maximum atomic E-state index is 12.9. The molecule has 0 unspecified atom stereocenters. The first-order valence-corrected chi connectivity index (χ1v) is 9.84. The van der Waals surface area contributed by atoms with Gasteiger partial charge in [-0.05, 0) is 36.2 Å². The van der Waals surface area contributed by atoms with E-state index in [1.807, 2.05) is 23.1 Å². The number of piperazine rings is 1. The average Bonchev–Trinajstić information content (AvgIpc) is 2.76. The zero-order chi connectivity index (χ0) is 20.2. The molecule has 3 aromatic rings. The van der Waals surface area contributed by atoms with Gasteiger partial charge in [-0.15, -0.1) is 0 Å². The first-order chi connectivity index (χ1) is 14.1. The molecule has 0 atom stereocenters. The second-order valence-electron chi connectivity index (χ2n) is 7.30. The Kier molecular flexibility index (Phi) is 5.53. The Balaban J connectivity index is 1.44. The van der Waals surface area contributed by atoms with Crippen molar-refractivity contribution in [3.05, 3.63) is 93.9 Å². The Bertz CT molecular complexity index is 1050. The molecule has 1 fully saturated rings. The fourth-order valence-corrected chi connectivity index (χ4v) is 3.58. The van der Waals surface area contributed by atoms with E-state index in [1.165, 1.54) is 27.9 Å². The molecule has 1 aromatic heterocycles. The summed E-state index contributed by atoms with van der Waals surface area (Å²) in [5.41, 5.74) is 3.30. The van der Waals surface area contributed by atoms with Crippen molar-refractivity contribution in [2.24, 2.45) is 0 Å². The SMILES string of the molecule is Cc1ccccc1CN1CCN(C(=O)c2ccc(=O)n(-c3ccccc3)n2)CC1. The molecule has 1 saturated heterocycles. The van der Waals surface area contributed by atoms with Gasteiger partial charge in [-0.2, -0.15) is 9.78 Å². The van der Waals surface area contributed by atoms with Crippen molar-refractivity contribution in [1.82, 2.24) is 19.6 Å². The quantitative estimate of drug-likeness (QED) is 0.689. The summed E-state index contributed by atoms with van der Waals surface area (Å²) in [5, 5.41) is 4.32. The Hall–Kier alpha value is -3.25. The second-order valence-corrected chi connectivity index (χ2v) is 7.30. The van der Waals surface area contributed by atoms with Crippen LogP contribution in [0.2, 0.25) is 0 Å². The summed E-state index contributed by atoms with van der Waals surface area (Å²) in [6.45, 7) is 5.96. The molecule has 2 heterocycles. The highest BCUT2D eigenvalue weighted by Crippen LogP contribution is 2.14. The van der Waals surface area contributed by atoms with Gasteiger partial charge in [-0.3, -0.25) is 14.5 Å². The monoisotopic (exact) mass is 388 g/mol. The maximum Gasteiger partial charge on any atom is 0.274 e. The van der Waals surface area contributed by atoms with E-state index in [-0.39, 0.29) is 11.5 Å². The maximum absolute atomic E-state index is 12.9. The molecule has 0 spiro atoms. The summed E-state index contributed by atoms with van der Waals surface area (Å²) < 4.78 is 1.28. The van der Waals surface area contributed by atoms with E-state index in [9.17, 15) is 9.59 Å². The van der Waals surface area contributed by atoms with Gasteiger partial charge in [0.25, 0.3) is 11.5 Å². The second kappa shape index (κ2) is 8.41. The average molecular weight is 388 g/mol. The van der Waals surface area contributed by atoms with E-state index in [0.717, 1.165) is 19.6 Å².